The molecule has 2 rings (SSSR count). The van der Waals surface area contributed by atoms with Crippen LogP contribution in [0.15, 0.2) is 47.4 Å². The lowest BCUT2D eigenvalue weighted by Crippen LogP contribution is -1.91. The van der Waals surface area contributed by atoms with E-state index in [1.807, 2.05) is 6.92 Å². The van der Waals surface area contributed by atoms with E-state index in [1.54, 1.807) is 30.3 Å². The fourth-order valence-electron chi connectivity index (χ4n) is 1.88. The van der Waals surface area contributed by atoms with Crippen LogP contribution in [-0.2, 0) is 17.1 Å². The summed E-state index contributed by atoms with van der Waals surface area (Å²) in [6, 6.07) is 11.4. The molecule has 0 heterocycles. The van der Waals surface area contributed by atoms with Gasteiger partial charge >= 0.3 is 0 Å². The largest absolute Gasteiger partial charge is 0.227 e. The number of thiol groups is 1. The Morgan fingerprint density at radius 1 is 1.11 bits per heavy atom. The van der Waals surface area contributed by atoms with E-state index in [-0.39, 0.29) is 10.7 Å². The molecule has 0 N–H and O–H groups in total. The zero-order valence-corrected chi connectivity index (χ0v) is 10.8. The summed E-state index contributed by atoms with van der Waals surface area (Å²) in [4.78, 5) is 0.219. The molecule has 0 amide bonds. The van der Waals surface area contributed by atoms with Crippen molar-refractivity contribution < 1.29 is 12.8 Å². The van der Waals surface area contributed by atoms with Gasteiger partial charge < -0.3 is 0 Å². The van der Waals surface area contributed by atoms with Crippen molar-refractivity contribution in [2.45, 2.75) is 18.2 Å². The second-order valence-electron chi connectivity index (χ2n) is 3.93. The molecule has 4 heteroatoms. The van der Waals surface area contributed by atoms with Gasteiger partial charge in [0.05, 0.1) is 4.90 Å². The van der Waals surface area contributed by atoms with E-state index in [0.29, 0.717) is 23.1 Å². The Labute approximate surface area is 107 Å². The van der Waals surface area contributed by atoms with Crippen LogP contribution >= 0.6 is 0 Å². The third kappa shape index (κ3) is 2.43. The molecular formula is C14H13FO2S. The Morgan fingerprint density at radius 3 is 2.44 bits per heavy atom. The minimum Gasteiger partial charge on any atom is -0.227 e. The van der Waals surface area contributed by atoms with Gasteiger partial charge in [-0.1, -0.05) is 37.3 Å². The van der Waals surface area contributed by atoms with Gasteiger partial charge in [-0.15, -0.1) is 0 Å². The fourth-order valence-corrected chi connectivity index (χ4v) is 2.49. The number of halogens is 1. The molecule has 0 saturated heterocycles. The van der Waals surface area contributed by atoms with E-state index in [9.17, 15) is 12.8 Å². The van der Waals surface area contributed by atoms with Crippen LogP contribution in [0.2, 0.25) is 0 Å². The van der Waals surface area contributed by atoms with Crippen LogP contribution in [0.1, 0.15) is 12.5 Å². The topological polar surface area (TPSA) is 34.1 Å². The predicted octanol–water partition coefficient (Wildman–Crippen LogP) is 3.03. The smallest absolute Gasteiger partial charge is 0.168 e. The zero-order valence-electron chi connectivity index (χ0n) is 9.89. The monoisotopic (exact) mass is 264 g/mol. The van der Waals surface area contributed by atoms with Crippen molar-refractivity contribution >= 4 is 10.7 Å². The maximum absolute atomic E-state index is 13.7. The zero-order chi connectivity index (χ0) is 13.1. The minimum absolute atomic E-state index is 0.219. The number of hydrogen-bond acceptors (Lipinski definition) is 2. The SMILES string of the molecule is CCc1ccc(-c2ccccc2[SH](=O)=O)cc1F. The first kappa shape index (κ1) is 12.8. The molecule has 0 bridgehead atoms. The van der Waals surface area contributed by atoms with Crippen LogP contribution in [0.4, 0.5) is 4.39 Å². The highest BCUT2D eigenvalue weighted by atomic mass is 32.2. The molecule has 0 aliphatic heterocycles. The first-order valence-corrected chi connectivity index (χ1v) is 6.83. The maximum atomic E-state index is 13.7. The van der Waals surface area contributed by atoms with Crippen LogP contribution in [0.5, 0.6) is 0 Å². The van der Waals surface area contributed by atoms with Gasteiger partial charge in [0.1, 0.15) is 5.82 Å². The third-order valence-corrected chi connectivity index (χ3v) is 3.63. The van der Waals surface area contributed by atoms with Crippen molar-refractivity contribution in [1.82, 2.24) is 0 Å². The molecule has 0 spiro atoms. The Kier molecular flexibility index (Phi) is 3.77. The second-order valence-corrected chi connectivity index (χ2v) is 4.93. The summed E-state index contributed by atoms with van der Waals surface area (Å²) in [6.07, 6.45) is 0.615. The Morgan fingerprint density at radius 2 is 1.83 bits per heavy atom. The lowest BCUT2D eigenvalue weighted by molar-refractivity contribution is 0.611. The average molecular weight is 264 g/mol. The van der Waals surface area contributed by atoms with E-state index >= 15 is 0 Å². The molecule has 0 saturated carbocycles. The van der Waals surface area contributed by atoms with Gasteiger partial charge in [-0.2, -0.15) is 0 Å². The summed E-state index contributed by atoms with van der Waals surface area (Å²) in [6.45, 7) is 1.88. The molecule has 0 unspecified atom stereocenters. The van der Waals surface area contributed by atoms with Crippen LogP contribution < -0.4 is 0 Å². The number of rotatable bonds is 3. The predicted molar refractivity (Wildman–Crippen MR) is 69.8 cm³/mol. The lowest BCUT2D eigenvalue weighted by atomic mass is 10.0. The molecule has 0 aliphatic rings. The minimum atomic E-state index is -2.68. The van der Waals surface area contributed by atoms with Crippen molar-refractivity contribution in [3.63, 3.8) is 0 Å². The molecule has 2 aromatic rings. The van der Waals surface area contributed by atoms with E-state index in [2.05, 4.69) is 0 Å². The van der Waals surface area contributed by atoms with Crippen LogP contribution in [0.25, 0.3) is 11.1 Å². The molecule has 2 aromatic carbocycles. The second kappa shape index (κ2) is 5.31. The van der Waals surface area contributed by atoms with Crippen molar-refractivity contribution in [3.05, 3.63) is 53.8 Å². The van der Waals surface area contributed by atoms with Gasteiger partial charge in [0.15, 0.2) is 10.7 Å². The van der Waals surface area contributed by atoms with Crippen molar-refractivity contribution in [2.75, 3.05) is 0 Å². The molecular weight excluding hydrogens is 251 g/mol. The Hall–Kier alpha value is -1.68. The molecule has 0 aromatic heterocycles. The Balaban J connectivity index is 2.59. The molecule has 0 aliphatic carbocycles. The summed E-state index contributed by atoms with van der Waals surface area (Å²) in [5.74, 6) is -0.300. The Bertz CT molecular complexity index is 640. The van der Waals surface area contributed by atoms with Crippen LogP contribution in [0.3, 0.4) is 0 Å². The number of hydrogen-bond donors (Lipinski definition) is 1. The standard InChI is InChI=1S/C14H13FO2S/c1-2-10-7-8-11(9-13(10)15)12-5-3-4-6-14(12)18(16)17/h3-9,18H,2H2,1H3. The van der Waals surface area contributed by atoms with Gasteiger partial charge in [-0.25, -0.2) is 12.8 Å². The van der Waals surface area contributed by atoms with E-state index in [0.717, 1.165) is 0 Å². The lowest BCUT2D eigenvalue weighted by Gasteiger charge is -2.07. The van der Waals surface area contributed by atoms with Gasteiger partial charge in [0, 0.05) is 5.56 Å². The molecule has 2 nitrogen and oxygen atoms in total. The highest BCUT2D eigenvalue weighted by Gasteiger charge is 2.08. The van der Waals surface area contributed by atoms with E-state index in [4.69, 9.17) is 0 Å². The van der Waals surface area contributed by atoms with Crippen molar-refractivity contribution in [1.29, 1.82) is 0 Å². The number of benzene rings is 2. The van der Waals surface area contributed by atoms with Gasteiger partial charge in [-0.05, 0) is 29.7 Å². The number of aryl methyl sites for hydroxylation is 1. The van der Waals surface area contributed by atoms with Gasteiger partial charge in [0.25, 0.3) is 0 Å². The first-order valence-electron chi connectivity index (χ1n) is 5.65. The highest BCUT2D eigenvalue weighted by Crippen LogP contribution is 2.26. The maximum Gasteiger partial charge on any atom is 0.168 e. The molecule has 94 valence electrons. The van der Waals surface area contributed by atoms with Gasteiger partial charge in [0.2, 0.25) is 0 Å². The van der Waals surface area contributed by atoms with Crippen molar-refractivity contribution in [2.24, 2.45) is 0 Å². The molecule has 0 fully saturated rings. The molecule has 0 atom stereocenters. The summed E-state index contributed by atoms with van der Waals surface area (Å²) in [5, 5.41) is 0. The summed E-state index contributed by atoms with van der Waals surface area (Å²) < 4.78 is 36.0. The van der Waals surface area contributed by atoms with E-state index in [1.165, 1.54) is 12.1 Å². The first-order chi connectivity index (χ1) is 8.63. The van der Waals surface area contributed by atoms with Crippen molar-refractivity contribution in [3.8, 4) is 11.1 Å². The van der Waals surface area contributed by atoms with Crippen LogP contribution in [0, 0.1) is 5.82 Å². The van der Waals surface area contributed by atoms with Crippen LogP contribution in [-0.4, -0.2) is 8.42 Å². The fraction of sp³-hybridized carbons (Fsp3) is 0.143. The normalized spacial score (nSPS) is 10.8. The molecule has 18 heavy (non-hydrogen) atoms. The quantitative estimate of drug-likeness (QED) is 0.865. The summed E-state index contributed by atoms with van der Waals surface area (Å²) in [5.41, 5.74) is 1.75. The molecule has 0 radical (unpaired) electrons. The summed E-state index contributed by atoms with van der Waals surface area (Å²) in [7, 11) is -2.68. The average Bonchev–Trinajstić information content (AvgIpc) is 2.38. The highest BCUT2D eigenvalue weighted by molar-refractivity contribution is 7.72. The third-order valence-electron chi connectivity index (χ3n) is 2.85. The van der Waals surface area contributed by atoms with Gasteiger partial charge in [-0.3, -0.25) is 0 Å². The summed E-state index contributed by atoms with van der Waals surface area (Å²) >= 11 is 0. The van der Waals surface area contributed by atoms with E-state index < -0.39 is 10.7 Å².